The van der Waals surface area contributed by atoms with Crippen LogP contribution in [0.1, 0.15) is 27.0 Å². The molecule has 1 amide bonds. The van der Waals surface area contributed by atoms with Crippen LogP contribution in [-0.4, -0.2) is 20.5 Å². The van der Waals surface area contributed by atoms with Crippen LogP contribution in [0, 0.1) is 11.3 Å². The summed E-state index contributed by atoms with van der Waals surface area (Å²) in [6.45, 7) is 0.969. The molecule has 0 fully saturated rings. The lowest BCUT2D eigenvalue weighted by molar-refractivity contribution is 0.0951. The molecule has 0 aliphatic rings. The first-order valence-electron chi connectivity index (χ1n) is 11.4. The fourth-order valence-corrected chi connectivity index (χ4v) is 4.40. The predicted octanol–water partition coefficient (Wildman–Crippen LogP) is 6.23. The van der Waals surface area contributed by atoms with Gasteiger partial charge in [0.15, 0.2) is 5.65 Å². The van der Waals surface area contributed by atoms with Crippen molar-refractivity contribution in [3.8, 4) is 17.3 Å². The number of hydrogen-bond acceptors (Lipinski definition) is 5. The Morgan fingerprint density at radius 3 is 2.41 bits per heavy atom. The van der Waals surface area contributed by atoms with E-state index in [1.165, 1.54) is 0 Å². The summed E-state index contributed by atoms with van der Waals surface area (Å²) < 4.78 is 2.54. The van der Waals surface area contributed by atoms with E-state index >= 15 is 0 Å². The number of amides is 1. The molecule has 0 atom stereocenters. The average Bonchev–Trinajstić information content (AvgIpc) is 3.31. The first kappa shape index (κ1) is 24.5. The maximum absolute atomic E-state index is 12.4. The van der Waals surface area contributed by atoms with Crippen molar-refractivity contribution in [1.82, 2.24) is 19.9 Å². The Balaban J connectivity index is 1.27. The van der Waals surface area contributed by atoms with Crippen LogP contribution in [0.4, 0.5) is 5.82 Å². The number of halogens is 2. The zero-order valence-corrected chi connectivity index (χ0v) is 21.8. The molecule has 0 spiro atoms. The van der Waals surface area contributed by atoms with Gasteiger partial charge >= 0.3 is 0 Å². The van der Waals surface area contributed by atoms with Crippen LogP contribution in [0.5, 0.6) is 0 Å². The van der Waals surface area contributed by atoms with E-state index in [4.69, 9.17) is 21.8 Å². The standard InChI is InChI=1S/C28H20BrClN6O/c29-23-17-34-36-26(13-25(35-27(23)36)22-3-1-2-4-24(22)30)32-15-19-5-7-20(8-6-19)16-33-28(37)21-11-9-18(14-31)10-12-21/h1-13,17,32H,15-16H2,(H,33,37). The Morgan fingerprint density at radius 2 is 1.70 bits per heavy atom. The predicted molar refractivity (Wildman–Crippen MR) is 147 cm³/mol. The van der Waals surface area contributed by atoms with Gasteiger partial charge in [-0.2, -0.15) is 14.9 Å². The highest BCUT2D eigenvalue weighted by Gasteiger charge is 2.13. The van der Waals surface area contributed by atoms with E-state index in [1.54, 1.807) is 35.0 Å². The second kappa shape index (κ2) is 10.8. The molecule has 0 saturated heterocycles. The normalized spacial score (nSPS) is 10.7. The average molecular weight is 572 g/mol. The van der Waals surface area contributed by atoms with Crippen LogP contribution in [0.2, 0.25) is 5.02 Å². The topological polar surface area (TPSA) is 95.1 Å². The van der Waals surface area contributed by atoms with Gasteiger partial charge in [0.1, 0.15) is 5.82 Å². The third-order valence-corrected chi connectivity index (χ3v) is 6.69. The van der Waals surface area contributed by atoms with Crippen LogP contribution in [0.15, 0.2) is 89.5 Å². The minimum atomic E-state index is -0.184. The Hall–Kier alpha value is -4.19. The Kier molecular flexibility index (Phi) is 7.17. The first-order valence-corrected chi connectivity index (χ1v) is 12.6. The third-order valence-electron chi connectivity index (χ3n) is 5.80. The summed E-state index contributed by atoms with van der Waals surface area (Å²) >= 11 is 9.95. The summed E-state index contributed by atoms with van der Waals surface area (Å²) in [5.74, 6) is 0.598. The number of nitriles is 1. The molecule has 5 rings (SSSR count). The van der Waals surface area contributed by atoms with E-state index in [1.807, 2.05) is 60.7 Å². The van der Waals surface area contributed by atoms with Crippen molar-refractivity contribution in [3.63, 3.8) is 0 Å². The van der Waals surface area contributed by atoms with Gasteiger partial charge in [-0.15, -0.1) is 0 Å². The van der Waals surface area contributed by atoms with Crippen molar-refractivity contribution in [2.24, 2.45) is 0 Å². The lowest BCUT2D eigenvalue weighted by Gasteiger charge is -2.12. The van der Waals surface area contributed by atoms with Gasteiger partial charge in [0, 0.05) is 35.3 Å². The maximum Gasteiger partial charge on any atom is 0.251 e. The van der Waals surface area contributed by atoms with E-state index in [9.17, 15) is 4.79 Å². The molecule has 0 aliphatic heterocycles. The summed E-state index contributed by atoms with van der Waals surface area (Å²) in [6.07, 6.45) is 1.71. The zero-order valence-electron chi connectivity index (χ0n) is 19.5. The molecule has 182 valence electrons. The molecule has 7 nitrogen and oxygen atoms in total. The molecule has 2 heterocycles. The Morgan fingerprint density at radius 1 is 1.00 bits per heavy atom. The lowest BCUT2D eigenvalue weighted by Crippen LogP contribution is -2.22. The number of hydrogen-bond donors (Lipinski definition) is 2. The number of nitrogens with zero attached hydrogens (tertiary/aromatic N) is 4. The van der Waals surface area contributed by atoms with E-state index in [-0.39, 0.29) is 5.91 Å². The lowest BCUT2D eigenvalue weighted by atomic mass is 10.1. The number of nitrogens with one attached hydrogen (secondary N) is 2. The summed E-state index contributed by atoms with van der Waals surface area (Å²) in [4.78, 5) is 17.1. The monoisotopic (exact) mass is 570 g/mol. The SMILES string of the molecule is N#Cc1ccc(C(=O)NCc2ccc(CNc3cc(-c4ccccc4Cl)nc4c(Br)cnn34)cc2)cc1. The highest BCUT2D eigenvalue weighted by molar-refractivity contribution is 9.10. The summed E-state index contributed by atoms with van der Waals surface area (Å²) in [5.41, 5.74) is 5.36. The fraction of sp³-hybridized carbons (Fsp3) is 0.0714. The fourth-order valence-electron chi connectivity index (χ4n) is 3.82. The van der Waals surface area contributed by atoms with E-state index < -0.39 is 0 Å². The largest absolute Gasteiger partial charge is 0.366 e. The number of aromatic nitrogens is 3. The number of rotatable bonds is 7. The van der Waals surface area contributed by atoms with Gasteiger partial charge in [-0.25, -0.2) is 4.98 Å². The highest BCUT2D eigenvalue weighted by atomic mass is 79.9. The van der Waals surface area contributed by atoms with Crippen LogP contribution in [0.25, 0.3) is 16.9 Å². The van der Waals surface area contributed by atoms with E-state index in [0.29, 0.717) is 34.9 Å². The second-order valence-electron chi connectivity index (χ2n) is 8.28. The van der Waals surface area contributed by atoms with Crippen LogP contribution < -0.4 is 10.6 Å². The molecule has 2 N–H and O–H groups in total. The van der Waals surface area contributed by atoms with Gasteiger partial charge in [-0.3, -0.25) is 4.79 Å². The summed E-state index contributed by atoms with van der Waals surface area (Å²) in [6, 6.07) is 26.1. The minimum absolute atomic E-state index is 0.184. The second-order valence-corrected chi connectivity index (χ2v) is 9.54. The minimum Gasteiger partial charge on any atom is -0.366 e. The molecule has 0 saturated carbocycles. The smallest absolute Gasteiger partial charge is 0.251 e. The molecule has 5 aromatic rings. The van der Waals surface area contributed by atoms with Gasteiger partial charge in [-0.05, 0) is 57.4 Å². The molecule has 9 heteroatoms. The van der Waals surface area contributed by atoms with Crippen molar-refractivity contribution in [2.75, 3.05) is 5.32 Å². The molecule has 3 aromatic carbocycles. The number of fused-ring (bicyclic) bond motifs is 1. The zero-order chi connectivity index (χ0) is 25.8. The molecule has 0 unspecified atom stereocenters. The van der Waals surface area contributed by atoms with Crippen LogP contribution >= 0.6 is 27.5 Å². The Labute approximate surface area is 226 Å². The molecule has 2 aromatic heterocycles. The van der Waals surface area contributed by atoms with Crippen molar-refractivity contribution in [1.29, 1.82) is 5.26 Å². The van der Waals surface area contributed by atoms with Crippen LogP contribution in [0.3, 0.4) is 0 Å². The maximum atomic E-state index is 12.4. The van der Waals surface area contributed by atoms with Crippen molar-refractivity contribution < 1.29 is 4.79 Å². The number of anilines is 1. The molecular weight excluding hydrogens is 552 g/mol. The molecule has 0 bridgehead atoms. The van der Waals surface area contributed by atoms with Gasteiger partial charge < -0.3 is 10.6 Å². The molecule has 37 heavy (non-hydrogen) atoms. The van der Waals surface area contributed by atoms with Gasteiger partial charge in [-0.1, -0.05) is 54.1 Å². The van der Waals surface area contributed by atoms with E-state index in [0.717, 1.165) is 32.7 Å². The molecular formula is C28H20BrClN6O. The van der Waals surface area contributed by atoms with Crippen molar-refractivity contribution >= 4 is 44.9 Å². The Bertz CT molecular complexity index is 1620. The highest BCUT2D eigenvalue weighted by Crippen LogP contribution is 2.30. The van der Waals surface area contributed by atoms with Gasteiger partial charge in [0.05, 0.1) is 28.0 Å². The van der Waals surface area contributed by atoms with Crippen molar-refractivity contribution in [2.45, 2.75) is 13.1 Å². The van der Waals surface area contributed by atoms with Crippen molar-refractivity contribution in [3.05, 3.63) is 117 Å². The third kappa shape index (κ3) is 5.48. The van der Waals surface area contributed by atoms with Crippen LogP contribution in [-0.2, 0) is 13.1 Å². The molecule has 0 radical (unpaired) electrons. The van der Waals surface area contributed by atoms with Gasteiger partial charge in [0.2, 0.25) is 0 Å². The number of benzene rings is 3. The van der Waals surface area contributed by atoms with E-state index in [2.05, 4.69) is 31.7 Å². The molecule has 0 aliphatic carbocycles. The first-order chi connectivity index (χ1) is 18.0. The summed E-state index contributed by atoms with van der Waals surface area (Å²) in [5, 5.41) is 20.3. The van der Waals surface area contributed by atoms with Gasteiger partial charge in [0.25, 0.3) is 5.91 Å². The number of carbonyl (C=O) groups excluding carboxylic acids is 1. The summed E-state index contributed by atoms with van der Waals surface area (Å²) in [7, 11) is 0. The quantitative estimate of drug-likeness (QED) is 0.242. The number of carbonyl (C=O) groups is 1.